The van der Waals surface area contributed by atoms with E-state index in [1.165, 1.54) is 0 Å². The fraction of sp³-hybridized carbons (Fsp3) is 0. The van der Waals surface area contributed by atoms with E-state index < -0.39 is 0 Å². The summed E-state index contributed by atoms with van der Waals surface area (Å²) in [5, 5.41) is 1.00. The summed E-state index contributed by atoms with van der Waals surface area (Å²) in [4.78, 5) is 0. The second-order valence-electron chi connectivity index (χ2n) is 1.46. The summed E-state index contributed by atoms with van der Waals surface area (Å²) in [6.07, 6.45) is 1.90. The standard InChI is InChI=1S/C5H4NSi2.ClH/c7-5-3-1-2-4-6(5)8;/h1-4H;1H/q+1;/p-1. The molecule has 1 rings (SSSR count). The summed E-state index contributed by atoms with van der Waals surface area (Å²) in [6, 6.07) is 5.85. The van der Waals surface area contributed by atoms with Gasteiger partial charge in [0.1, 0.15) is 11.5 Å². The lowest BCUT2D eigenvalue weighted by molar-refractivity contribution is -0.501. The van der Waals surface area contributed by atoms with Crippen LogP contribution in [0.4, 0.5) is 0 Å². The van der Waals surface area contributed by atoms with Crippen LogP contribution < -0.4 is 22.0 Å². The zero-order valence-electron chi connectivity index (χ0n) is 4.63. The summed E-state index contributed by atoms with van der Waals surface area (Å²) >= 11 is 0. The van der Waals surface area contributed by atoms with Crippen LogP contribution in [0.15, 0.2) is 24.4 Å². The van der Waals surface area contributed by atoms with Gasteiger partial charge in [-0.05, 0) is 12.1 Å². The highest BCUT2D eigenvalue weighted by molar-refractivity contribution is 6.30. The molecule has 0 N–H and O–H groups in total. The average molecular weight is 170 g/mol. The number of hydrogen-bond donors (Lipinski definition) is 0. The Morgan fingerprint density at radius 1 is 1.33 bits per heavy atom. The third kappa shape index (κ3) is 2.30. The highest BCUT2D eigenvalue weighted by Gasteiger charge is 1.93. The Labute approximate surface area is 67.4 Å². The molecule has 0 aliphatic carbocycles. The van der Waals surface area contributed by atoms with E-state index in [4.69, 9.17) is 0 Å². The van der Waals surface area contributed by atoms with Gasteiger partial charge in [-0.25, -0.2) is 0 Å². The maximum atomic E-state index is 3.36. The van der Waals surface area contributed by atoms with Gasteiger partial charge in [-0.3, -0.25) is 4.23 Å². The first-order valence-electron chi connectivity index (χ1n) is 2.24. The van der Waals surface area contributed by atoms with Crippen LogP contribution in [-0.4, -0.2) is 20.6 Å². The smallest absolute Gasteiger partial charge is 0.556 e. The first kappa shape index (κ1) is 8.87. The van der Waals surface area contributed by atoms with Gasteiger partial charge in [-0.2, -0.15) is 0 Å². The van der Waals surface area contributed by atoms with E-state index in [2.05, 4.69) is 20.6 Å². The summed E-state index contributed by atoms with van der Waals surface area (Å²) in [5.41, 5.74) is 0. The van der Waals surface area contributed by atoms with Gasteiger partial charge in [0.2, 0.25) is 0 Å². The van der Waals surface area contributed by atoms with E-state index in [1.807, 2.05) is 24.4 Å². The second kappa shape index (κ2) is 3.82. The topological polar surface area (TPSA) is 3.88 Å². The molecule has 0 unspecified atom stereocenters. The summed E-state index contributed by atoms with van der Waals surface area (Å²) in [6.45, 7) is 0. The fourth-order valence-corrected chi connectivity index (χ4v) is 0.774. The van der Waals surface area contributed by atoms with E-state index in [0.717, 1.165) is 5.32 Å². The molecule has 0 bridgehead atoms. The quantitative estimate of drug-likeness (QED) is 0.346. The molecule has 44 valence electrons. The predicted octanol–water partition coefficient (Wildman–Crippen LogP) is -4.30. The molecule has 1 aromatic heterocycles. The van der Waals surface area contributed by atoms with Gasteiger partial charge < -0.3 is 12.4 Å². The molecule has 1 nitrogen and oxygen atoms in total. The molecule has 0 aliphatic heterocycles. The number of rotatable bonds is 0. The van der Waals surface area contributed by atoms with Crippen LogP contribution in [0.2, 0.25) is 0 Å². The number of halogens is 1. The van der Waals surface area contributed by atoms with Crippen LogP contribution in [0.25, 0.3) is 0 Å². The SMILES string of the molecule is [Cl-].[Si]c1cccc[n+]1[Si]. The molecule has 9 heavy (non-hydrogen) atoms. The van der Waals surface area contributed by atoms with E-state index in [0.29, 0.717) is 0 Å². The Balaban J connectivity index is 0.000000640. The van der Waals surface area contributed by atoms with Crippen LogP contribution in [0.1, 0.15) is 0 Å². The van der Waals surface area contributed by atoms with Crippen molar-refractivity contribution in [3.63, 3.8) is 0 Å². The first-order chi connectivity index (χ1) is 3.80. The van der Waals surface area contributed by atoms with Gasteiger partial charge in [0, 0.05) is 0 Å². The van der Waals surface area contributed by atoms with Gasteiger partial charge in [0.15, 0.2) is 10.2 Å². The molecule has 0 aromatic carbocycles. The molecule has 1 aromatic rings. The number of aromatic nitrogens is 1. The minimum absolute atomic E-state index is 0. The number of pyridine rings is 1. The van der Waals surface area contributed by atoms with Gasteiger partial charge in [0.05, 0.1) is 0 Å². The van der Waals surface area contributed by atoms with E-state index in [-0.39, 0.29) is 12.4 Å². The van der Waals surface area contributed by atoms with Crippen molar-refractivity contribution in [3.05, 3.63) is 24.4 Å². The lowest BCUT2D eigenvalue weighted by atomic mass is 10.5. The number of hydrogen-bond acceptors (Lipinski definition) is 0. The van der Waals surface area contributed by atoms with Crippen molar-refractivity contribution in [2.24, 2.45) is 0 Å². The lowest BCUT2D eigenvalue weighted by Crippen LogP contribution is -3.00. The normalized spacial score (nSPS) is 8.22. The van der Waals surface area contributed by atoms with Crippen molar-refractivity contribution in [1.29, 1.82) is 0 Å². The molecule has 6 radical (unpaired) electrons. The minimum Gasteiger partial charge on any atom is -1.00 e. The molecule has 0 saturated carbocycles. The third-order valence-corrected chi connectivity index (χ3v) is 1.88. The predicted molar refractivity (Wildman–Crippen MR) is 33.2 cm³/mol. The average Bonchev–Trinajstić information content (AvgIpc) is 1.77. The van der Waals surface area contributed by atoms with Gasteiger partial charge in [0.25, 0.3) is 0 Å². The molecule has 0 fully saturated rings. The van der Waals surface area contributed by atoms with Crippen LogP contribution in [0, 0.1) is 0 Å². The maximum Gasteiger partial charge on any atom is 0.556 e. The molecule has 0 saturated heterocycles. The zero-order valence-corrected chi connectivity index (χ0v) is 7.39. The van der Waals surface area contributed by atoms with Crippen LogP contribution in [0.3, 0.4) is 0 Å². The molecule has 1 heterocycles. The second-order valence-corrected chi connectivity index (χ2v) is 2.45. The highest BCUT2D eigenvalue weighted by Crippen LogP contribution is 1.68. The fourth-order valence-electron chi connectivity index (χ4n) is 0.443. The molecule has 4 heteroatoms. The van der Waals surface area contributed by atoms with Crippen molar-refractivity contribution in [1.82, 2.24) is 0 Å². The lowest BCUT2D eigenvalue weighted by Gasteiger charge is -1.87. The van der Waals surface area contributed by atoms with E-state index >= 15 is 0 Å². The van der Waals surface area contributed by atoms with E-state index in [1.54, 1.807) is 4.23 Å². The Morgan fingerprint density at radius 2 is 2.00 bits per heavy atom. The Bertz CT molecular complexity index is 171. The zero-order chi connectivity index (χ0) is 5.98. The maximum absolute atomic E-state index is 3.36. The van der Waals surface area contributed by atoms with Gasteiger partial charge in [-0.1, -0.05) is 6.07 Å². The van der Waals surface area contributed by atoms with Crippen LogP contribution >= 0.6 is 0 Å². The van der Waals surface area contributed by atoms with Gasteiger partial charge >= 0.3 is 10.4 Å². The molecule has 0 atom stereocenters. The monoisotopic (exact) mass is 169 g/mol. The molecule has 0 amide bonds. The highest BCUT2D eigenvalue weighted by atomic mass is 35.5. The van der Waals surface area contributed by atoms with Crippen LogP contribution in [0.5, 0.6) is 0 Å². The summed E-state index contributed by atoms with van der Waals surface area (Å²) in [5.74, 6) is 0. The summed E-state index contributed by atoms with van der Waals surface area (Å²) < 4.78 is 1.80. The Morgan fingerprint density at radius 3 is 2.33 bits per heavy atom. The molecule has 0 spiro atoms. The Kier molecular flexibility index (Phi) is 3.76. The van der Waals surface area contributed by atoms with Crippen molar-refractivity contribution in [2.75, 3.05) is 0 Å². The largest absolute Gasteiger partial charge is 1.00 e. The first-order valence-corrected chi connectivity index (χ1v) is 3.19. The minimum atomic E-state index is 0. The van der Waals surface area contributed by atoms with Gasteiger partial charge in [-0.15, -0.1) is 0 Å². The molecular formula is C5H4ClNSi2. The van der Waals surface area contributed by atoms with Crippen molar-refractivity contribution < 1.29 is 16.6 Å². The third-order valence-electron chi connectivity index (χ3n) is 0.860. The summed E-state index contributed by atoms with van der Waals surface area (Å²) in [7, 11) is 6.67. The molecule has 0 aliphatic rings. The van der Waals surface area contributed by atoms with Crippen LogP contribution in [-0.2, 0) is 0 Å². The Hall–Kier alpha value is -0.126. The van der Waals surface area contributed by atoms with Crippen molar-refractivity contribution >= 4 is 26.0 Å². The van der Waals surface area contributed by atoms with Crippen molar-refractivity contribution in [2.45, 2.75) is 0 Å². The van der Waals surface area contributed by atoms with Crippen molar-refractivity contribution in [3.8, 4) is 0 Å². The van der Waals surface area contributed by atoms with E-state index in [9.17, 15) is 0 Å². The molecular weight excluding hydrogens is 166 g/mol. The number of nitrogens with zero attached hydrogens (tertiary/aromatic N) is 1.